The maximum Gasteiger partial charge on any atom is 0.256 e. The number of hydrogen-bond acceptors (Lipinski definition) is 12. The van der Waals surface area contributed by atoms with Crippen LogP contribution in [0.1, 0.15) is 55.7 Å². The summed E-state index contributed by atoms with van der Waals surface area (Å²) in [6.07, 6.45) is 15.2. The number of nitrogens with one attached hydrogen (secondary N) is 2. The number of hydrogen-bond donors (Lipinski definition) is 3. The quantitative estimate of drug-likeness (QED) is 0.213. The van der Waals surface area contributed by atoms with Crippen LogP contribution in [0, 0.1) is 11.8 Å². The van der Waals surface area contributed by atoms with Gasteiger partial charge in [-0.3, -0.25) is 4.68 Å². The molecule has 4 aromatic rings. The van der Waals surface area contributed by atoms with Crippen molar-refractivity contribution in [3.05, 3.63) is 60.4 Å². The first-order valence-corrected chi connectivity index (χ1v) is 17.6. The summed E-state index contributed by atoms with van der Waals surface area (Å²) in [5.41, 5.74) is 3.13. The normalized spacial score (nSPS) is 17.8. The molecule has 15 heteroatoms. The molecule has 2 saturated heterocycles. The minimum atomic E-state index is -3.48. The van der Waals surface area contributed by atoms with Gasteiger partial charge in [0.15, 0.2) is 5.82 Å². The summed E-state index contributed by atoms with van der Waals surface area (Å²) in [6, 6.07) is 4.40. The number of pyridine rings is 1. The number of piperidine rings is 1. The van der Waals surface area contributed by atoms with Crippen molar-refractivity contribution in [2.75, 3.05) is 49.7 Å². The average molecular weight is 659 g/mol. The molecule has 0 aromatic carbocycles. The lowest BCUT2D eigenvalue weighted by Crippen LogP contribution is -2.43. The summed E-state index contributed by atoms with van der Waals surface area (Å²) >= 11 is 0. The van der Waals surface area contributed by atoms with Crippen molar-refractivity contribution in [2.45, 2.75) is 55.9 Å². The van der Waals surface area contributed by atoms with E-state index < -0.39 is 10.0 Å². The van der Waals surface area contributed by atoms with Crippen LogP contribution in [0.25, 0.3) is 11.4 Å². The summed E-state index contributed by atoms with van der Waals surface area (Å²) in [5.74, 6) is 8.10. The molecule has 0 spiro atoms. The Morgan fingerprint density at radius 2 is 1.79 bits per heavy atom. The summed E-state index contributed by atoms with van der Waals surface area (Å²) in [5, 5.41) is 24.2. The number of anilines is 3. The Hall–Kier alpha value is -4.36. The van der Waals surface area contributed by atoms with Gasteiger partial charge in [0.2, 0.25) is 0 Å². The number of rotatable bonds is 10. The second-order valence-electron chi connectivity index (χ2n) is 12.1. The fourth-order valence-electron chi connectivity index (χ4n) is 5.93. The summed E-state index contributed by atoms with van der Waals surface area (Å²) in [4.78, 5) is 15.9. The van der Waals surface area contributed by atoms with Crippen LogP contribution in [-0.2, 0) is 14.8 Å². The van der Waals surface area contributed by atoms with Crippen molar-refractivity contribution < 1.29 is 18.3 Å². The molecule has 2 aliphatic heterocycles. The average Bonchev–Trinajstić information content (AvgIpc) is 3.66. The topological polar surface area (TPSA) is 165 Å². The van der Waals surface area contributed by atoms with Gasteiger partial charge in [0, 0.05) is 63.5 Å². The molecule has 3 N–H and O–H groups in total. The molecule has 1 aliphatic carbocycles. The van der Waals surface area contributed by atoms with Crippen molar-refractivity contribution in [1.29, 1.82) is 0 Å². The first-order valence-electron chi connectivity index (χ1n) is 16.1. The number of aliphatic hydroxyl groups excluding tert-OH is 1. The van der Waals surface area contributed by atoms with E-state index in [4.69, 9.17) is 4.74 Å². The molecule has 1 saturated carbocycles. The lowest BCUT2D eigenvalue weighted by molar-refractivity contribution is 0.0662. The Bertz CT molecular complexity index is 1860. The third-order valence-electron chi connectivity index (χ3n) is 8.71. The van der Waals surface area contributed by atoms with Gasteiger partial charge in [-0.25, -0.2) is 23.4 Å². The van der Waals surface area contributed by atoms with E-state index in [9.17, 15) is 13.5 Å². The van der Waals surface area contributed by atoms with E-state index >= 15 is 0 Å². The number of ether oxygens (including phenoxy) is 1. The van der Waals surface area contributed by atoms with Crippen LogP contribution in [-0.4, -0.2) is 98.2 Å². The minimum absolute atomic E-state index is 0.122. The molecule has 3 fully saturated rings. The zero-order chi connectivity index (χ0) is 32.2. The molecule has 0 radical (unpaired) electrons. The first kappa shape index (κ1) is 31.3. The molecule has 0 amide bonds. The van der Waals surface area contributed by atoms with Gasteiger partial charge < -0.3 is 25.4 Å². The molecule has 14 nitrogen and oxygen atoms in total. The maximum absolute atomic E-state index is 12.6. The predicted molar refractivity (Wildman–Crippen MR) is 176 cm³/mol. The van der Waals surface area contributed by atoms with E-state index in [0.717, 1.165) is 72.9 Å². The fourth-order valence-corrected chi connectivity index (χ4v) is 7.41. The minimum Gasteiger partial charge on any atom is -0.395 e. The van der Waals surface area contributed by atoms with Crippen molar-refractivity contribution in [1.82, 2.24) is 39.2 Å². The molecule has 4 aromatic heterocycles. The molecule has 0 unspecified atom stereocenters. The highest BCUT2D eigenvalue weighted by atomic mass is 32.2. The number of nitrogens with zero attached hydrogens (tertiary/aromatic N) is 8. The maximum atomic E-state index is 12.6. The highest BCUT2D eigenvalue weighted by Crippen LogP contribution is 2.31. The van der Waals surface area contributed by atoms with E-state index in [2.05, 4.69) is 52.5 Å². The molecule has 6 heterocycles. The van der Waals surface area contributed by atoms with Gasteiger partial charge in [-0.05, 0) is 44.6 Å². The number of aliphatic hydroxyl groups is 1. The van der Waals surface area contributed by atoms with Crippen LogP contribution < -0.4 is 15.5 Å². The van der Waals surface area contributed by atoms with E-state index in [-0.39, 0.29) is 11.9 Å². The largest absolute Gasteiger partial charge is 0.395 e. The standard InChI is InChI=1S/C32H38N10O4S/c43-14-11-33-26-6-12-40(13-7-26)29-17-31(35-19-24(29)2-1-23-18-36-41(21-23)27-8-15-46-16-9-27)38-30-5-10-34-32(39-30)25-20-37-42(22-25)47(44,45)28-3-4-28/h5,10,17-22,26-28,33,43H,3-4,6-9,11-16H2,(H,34,35,38,39). The van der Waals surface area contributed by atoms with E-state index in [0.29, 0.717) is 54.5 Å². The zero-order valence-electron chi connectivity index (χ0n) is 26.0. The Balaban J connectivity index is 1.12. The van der Waals surface area contributed by atoms with Gasteiger partial charge in [-0.15, -0.1) is 0 Å². The predicted octanol–water partition coefficient (Wildman–Crippen LogP) is 2.32. The smallest absolute Gasteiger partial charge is 0.256 e. The third kappa shape index (κ3) is 7.31. The molecular weight excluding hydrogens is 620 g/mol. The van der Waals surface area contributed by atoms with Gasteiger partial charge in [0.1, 0.15) is 11.6 Å². The zero-order valence-corrected chi connectivity index (χ0v) is 26.8. The van der Waals surface area contributed by atoms with Gasteiger partial charge in [-0.2, -0.15) is 14.3 Å². The van der Waals surface area contributed by atoms with Gasteiger partial charge in [0.05, 0.1) is 58.9 Å². The second-order valence-corrected chi connectivity index (χ2v) is 14.1. The summed E-state index contributed by atoms with van der Waals surface area (Å²) in [7, 11) is -3.48. The highest BCUT2D eigenvalue weighted by Gasteiger charge is 2.37. The van der Waals surface area contributed by atoms with Crippen molar-refractivity contribution >= 4 is 27.3 Å². The molecule has 47 heavy (non-hydrogen) atoms. The van der Waals surface area contributed by atoms with Crippen LogP contribution >= 0.6 is 0 Å². The van der Waals surface area contributed by atoms with Crippen LogP contribution in [0.15, 0.2) is 49.3 Å². The lowest BCUT2D eigenvalue weighted by atomic mass is 10.0. The molecule has 7 rings (SSSR count). The van der Waals surface area contributed by atoms with Gasteiger partial charge in [-0.1, -0.05) is 11.8 Å². The Kier molecular flexibility index (Phi) is 9.16. The van der Waals surface area contributed by atoms with Crippen LogP contribution in [0.3, 0.4) is 0 Å². The van der Waals surface area contributed by atoms with Crippen molar-refractivity contribution in [3.63, 3.8) is 0 Å². The van der Waals surface area contributed by atoms with E-state index in [1.165, 1.54) is 12.4 Å². The Morgan fingerprint density at radius 3 is 2.57 bits per heavy atom. The van der Waals surface area contributed by atoms with Crippen LogP contribution in [0.5, 0.6) is 0 Å². The van der Waals surface area contributed by atoms with E-state index in [1.54, 1.807) is 18.5 Å². The van der Waals surface area contributed by atoms with Gasteiger partial charge >= 0.3 is 0 Å². The summed E-state index contributed by atoms with van der Waals surface area (Å²) < 4.78 is 33.7. The molecule has 3 aliphatic rings. The van der Waals surface area contributed by atoms with Crippen LogP contribution in [0.4, 0.5) is 17.3 Å². The van der Waals surface area contributed by atoms with Crippen molar-refractivity contribution in [3.8, 4) is 23.2 Å². The molecule has 0 bridgehead atoms. The SMILES string of the molecule is O=S(=O)(C1CC1)n1cc(-c2nccc(Nc3cc(N4CCC(NCCO)CC4)c(C#Cc4cnn(C5CCOCC5)c4)cn3)n2)cn1. The Morgan fingerprint density at radius 1 is 0.957 bits per heavy atom. The number of aromatic nitrogens is 7. The van der Waals surface area contributed by atoms with Crippen LogP contribution in [0.2, 0.25) is 0 Å². The molecular formula is C32H38N10O4S. The fraction of sp³-hybridized carbons (Fsp3) is 0.469. The highest BCUT2D eigenvalue weighted by molar-refractivity contribution is 7.90. The first-order chi connectivity index (χ1) is 23.0. The second kappa shape index (κ2) is 13.8. The van der Waals surface area contributed by atoms with Crippen molar-refractivity contribution in [2.24, 2.45) is 0 Å². The summed E-state index contributed by atoms with van der Waals surface area (Å²) in [6.45, 7) is 3.86. The third-order valence-corrected chi connectivity index (χ3v) is 10.7. The monoisotopic (exact) mass is 658 g/mol. The van der Waals surface area contributed by atoms with E-state index in [1.807, 2.05) is 23.1 Å². The lowest BCUT2D eigenvalue weighted by Gasteiger charge is -2.34. The molecule has 0 atom stereocenters. The Labute approximate surface area is 273 Å². The van der Waals surface area contributed by atoms with Gasteiger partial charge in [0.25, 0.3) is 10.0 Å². The molecule has 246 valence electrons.